The molecule has 3 heterocycles. The number of hydrogen-bond donors (Lipinski definition) is 0. The van der Waals surface area contributed by atoms with E-state index in [2.05, 4.69) is 40.1 Å². The smallest absolute Gasteiger partial charge is 0.226 e. The number of amides is 1. The van der Waals surface area contributed by atoms with E-state index in [9.17, 15) is 4.79 Å². The summed E-state index contributed by atoms with van der Waals surface area (Å²) in [5, 5.41) is 0. The molecule has 0 N–H and O–H groups in total. The summed E-state index contributed by atoms with van der Waals surface area (Å²) in [6.45, 7) is 5.13. The molecule has 0 radical (unpaired) electrons. The van der Waals surface area contributed by atoms with Gasteiger partial charge in [-0.2, -0.15) is 0 Å². The van der Waals surface area contributed by atoms with E-state index < -0.39 is 0 Å². The molecule has 29 heavy (non-hydrogen) atoms. The maximum absolute atomic E-state index is 13.2. The van der Waals surface area contributed by atoms with Crippen LogP contribution < -0.4 is 0 Å². The van der Waals surface area contributed by atoms with Crippen LogP contribution in [-0.2, 0) is 35.6 Å². The van der Waals surface area contributed by atoms with Gasteiger partial charge in [-0.25, -0.2) is 0 Å². The number of likely N-dealkylation sites (tertiary alicyclic amines) is 1. The first-order valence-corrected chi connectivity index (χ1v) is 10.8. The van der Waals surface area contributed by atoms with Crippen molar-refractivity contribution in [3.05, 3.63) is 59.0 Å². The zero-order valence-corrected chi connectivity index (χ0v) is 17.2. The average Bonchev–Trinajstić information content (AvgIpc) is 3.27. The summed E-state index contributed by atoms with van der Waals surface area (Å²) < 4.78 is 11.0. The number of benzene rings is 1. The third kappa shape index (κ3) is 3.74. The molecule has 154 valence electrons. The molecule has 3 aliphatic rings. The van der Waals surface area contributed by atoms with Gasteiger partial charge in [-0.3, -0.25) is 9.69 Å². The van der Waals surface area contributed by atoms with Gasteiger partial charge in [0.05, 0.1) is 6.54 Å². The molecule has 1 saturated carbocycles. The molecule has 1 atom stereocenters. The van der Waals surface area contributed by atoms with E-state index in [0.717, 1.165) is 69.9 Å². The lowest BCUT2D eigenvalue weighted by Gasteiger charge is -2.34. The van der Waals surface area contributed by atoms with Crippen molar-refractivity contribution < 1.29 is 13.9 Å². The molecule has 2 aromatic rings. The monoisotopic (exact) mass is 394 g/mol. The third-order valence-electron chi connectivity index (χ3n) is 7.17. The van der Waals surface area contributed by atoms with E-state index in [0.29, 0.717) is 12.5 Å². The highest BCUT2D eigenvalue weighted by atomic mass is 16.5. The van der Waals surface area contributed by atoms with Crippen molar-refractivity contribution in [1.82, 2.24) is 9.80 Å². The second-order valence-corrected chi connectivity index (χ2v) is 8.97. The molecule has 1 unspecified atom stereocenters. The number of carbonyl (C=O) groups is 1. The van der Waals surface area contributed by atoms with Crippen molar-refractivity contribution >= 4 is 5.91 Å². The van der Waals surface area contributed by atoms with Crippen LogP contribution in [0.3, 0.4) is 0 Å². The van der Waals surface area contributed by atoms with Gasteiger partial charge in [0.25, 0.3) is 0 Å². The van der Waals surface area contributed by atoms with Gasteiger partial charge < -0.3 is 14.1 Å². The van der Waals surface area contributed by atoms with Crippen LogP contribution in [0.25, 0.3) is 0 Å². The molecule has 1 aromatic heterocycles. The van der Waals surface area contributed by atoms with Gasteiger partial charge in [-0.05, 0) is 67.4 Å². The minimum absolute atomic E-state index is 0.242. The molecule has 5 rings (SSSR count). The highest BCUT2D eigenvalue weighted by Crippen LogP contribution is 2.60. The van der Waals surface area contributed by atoms with Gasteiger partial charge >= 0.3 is 0 Å². The molecule has 1 saturated heterocycles. The summed E-state index contributed by atoms with van der Waals surface area (Å²) in [7, 11) is 1.68. The highest BCUT2D eigenvalue weighted by molar-refractivity contribution is 5.83. The van der Waals surface area contributed by atoms with Gasteiger partial charge in [-0.1, -0.05) is 24.3 Å². The quantitative estimate of drug-likeness (QED) is 0.777. The summed E-state index contributed by atoms with van der Waals surface area (Å²) >= 11 is 0. The Morgan fingerprint density at radius 1 is 1.10 bits per heavy atom. The molecule has 1 spiro atoms. The van der Waals surface area contributed by atoms with Crippen LogP contribution in [0.2, 0.25) is 0 Å². The average molecular weight is 395 g/mol. The van der Waals surface area contributed by atoms with E-state index in [-0.39, 0.29) is 11.3 Å². The Kier molecular flexibility index (Phi) is 4.96. The molecule has 1 aromatic carbocycles. The fourth-order valence-electron chi connectivity index (χ4n) is 5.26. The van der Waals surface area contributed by atoms with Gasteiger partial charge in [0, 0.05) is 26.1 Å². The Morgan fingerprint density at radius 3 is 2.66 bits per heavy atom. The minimum Gasteiger partial charge on any atom is -0.462 e. The lowest BCUT2D eigenvalue weighted by atomic mass is 9.90. The zero-order valence-electron chi connectivity index (χ0n) is 17.2. The summed E-state index contributed by atoms with van der Waals surface area (Å²) in [6, 6.07) is 12.6. The van der Waals surface area contributed by atoms with Gasteiger partial charge in [-0.15, -0.1) is 0 Å². The number of hydrogen-bond acceptors (Lipinski definition) is 4. The van der Waals surface area contributed by atoms with E-state index in [1.54, 1.807) is 7.11 Å². The van der Waals surface area contributed by atoms with E-state index in [1.807, 2.05) is 6.07 Å². The van der Waals surface area contributed by atoms with Crippen molar-refractivity contribution in [3.63, 3.8) is 0 Å². The Hall–Kier alpha value is -2.11. The second-order valence-electron chi connectivity index (χ2n) is 8.97. The number of nitrogens with zero attached hydrogens (tertiary/aromatic N) is 2. The van der Waals surface area contributed by atoms with E-state index in [4.69, 9.17) is 9.15 Å². The van der Waals surface area contributed by atoms with Crippen molar-refractivity contribution in [2.45, 2.75) is 45.4 Å². The van der Waals surface area contributed by atoms with Crippen molar-refractivity contribution in [2.75, 3.05) is 26.7 Å². The molecule has 5 heteroatoms. The topological polar surface area (TPSA) is 45.9 Å². The van der Waals surface area contributed by atoms with Crippen molar-refractivity contribution in [3.8, 4) is 0 Å². The first-order chi connectivity index (χ1) is 14.2. The molecule has 1 aliphatic carbocycles. The number of ether oxygens (including phenoxy) is 1. The third-order valence-corrected chi connectivity index (χ3v) is 7.17. The number of rotatable bonds is 5. The van der Waals surface area contributed by atoms with Crippen LogP contribution in [0.4, 0.5) is 0 Å². The lowest BCUT2D eigenvalue weighted by Crippen LogP contribution is -2.40. The number of piperidine rings is 1. The van der Waals surface area contributed by atoms with Crippen LogP contribution >= 0.6 is 0 Å². The van der Waals surface area contributed by atoms with Gasteiger partial charge in [0.15, 0.2) is 0 Å². The van der Waals surface area contributed by atoms with Gasteiger partial charge in [0.2, 0.25) is 5.91 Å². The Bertz CT molecular complexity index is 882. The van der Waals surface area contributed by atoms with Crippen LogP contribution in [0.15, 0.2) is 40.8 Å². The Balaban J connectivity index is 1.14. The molecular formula is C24H30N2O3. The first kappa shape index (κ1) is 18.9. The molecule has 0 bridgehead atoms. The van der Waals surface area contributed by atoms with Crippen LogP contribution in [0, 0.1) is 11.3 Å². The van der Waals surface area contributed by atoms with Crippen molar-refractivity contribution in [2.24, 2.45) is 11.3 Å². The molecular weight excluding hydrogens is 364 g/mol. The van der Waals surface area contributed by atoms with Crippen molar-refractivity contribution in [1.29, 1.82) is 0 Å². The number of methoxy groups -OCH3 is 1. The second kappa shape index (κ2) is 7.62. The fourth-order valence-corrected chi connectivity index (χ4v) is 5.26. The summed E-state index contributed by atoms with van der Waals surface area (Å²) in [6.07, 6.45) is 4.32. The fraction of sp³-hybridized carbons (Fsp3) is 0.542. The predicted octanol–water partition coefficient (Wildman–Crippen LogP) is 3.61. The molecule has 5 nitrogen and oxygen atoms in total. The lowest BCUT2D eigenvalue weighted by molar-refractivity contribution is -0.134. The number of furan rings is 1. The minimum atomic E-state index is 0.242. The largest absolute Gasteiger partial charge is 0.462 e. The van der Waals surface area contributed by atoms with Crippen LogP contribution in [0.1, 0.15) is 41.9 Å². The zero-order chi connectivity index (χ0) is 19.8. The summed E-state index contributed by atoms with van der Waals surface area (Å²) in [5.74, 6) is 2.52. The van der Waals surface area contributed by atoms with Crippen LogP contribution in [0.5, 0.6) is 0 Å². The maximum Gasteiger partial charge on any atom is 0.226 e. The standard InChI is InChI=1S/C24H30N2O3/c1-28-17-21-7-6-20(29-21)16-25-12-9-24(10-13-25)14-22(24)23(27)26-11-8-18-4-2-3-5-19(18)15-26/h2-7,22H,8-17H2,1H3. The number of carbonyl (C=O) groups excluding carboxylic acids is 1. The Morgan fingerprint density at radius 2 is 1.86 bits per heavy atom. The van der Waals surface area contributed by atoms with E-state index >= 15 is 0 Å². The molecule has 2 fully saturated rings. The maximum atomic E-state index is 13.2. The Labute approximate surface area is 172 Å². The normalized spacial score (nSPS) is 23.2. The highest BCUT2D eigenvalue weighted by Gasteiger charge is 2.59. The predicted molar refractivity (Wildman–Crippen MR) is 110 cm³/mol. The van der Waals surface area contributed by atoms with Gasteiger partial charge in [0.1, 0.15) is 18.1 Å². The first-order valence-electron chi connectivity index (χ1n) is 10.8. The van der Waals surface area contributed by atoms with Crippen LogP contribution in [-0.4, -0.2) is 42.5 Å². The summed E-state index contributed by atoms with van der Waals surface area (Å²) in [4.78, 5) is 17.7. The molecule has 2 aliphatic heterocycles. The summed E-state index contributed by atoms with van der Waals surface area (Å²) in [5.41, 5.74) is 2.99. The number of fused-ring (bicyclic) bond motifs is 1. The SMILES string of the molecule is COCc1ccc(CN2CCC3(CC2)CC3C(=O)N2CCc3ccccc3C2)o1. The molecule has 1 amide bonds. The van der Waals surface area contributed by atoms with E-state index in [1.165, 1.54) is 11.1 Å².